The first kappa shape index (κ1) is 8.95. The van der Waals surface area contributed by atoms with Crippen LogP contribution in [0, 0.1) is 17.8 Å². The Morgan fingerprint density at radius 3 is 3.07 bits per heavy atom. The lowest BCUT2D eigenvalue weighted by Crippen LogP contribution is -2.45. The van der Waals surface area contributed by atoms with E-state index < -0.39 is 0 Å². The van der Waals surface area contributed by atoms with Crippen LogP contribution in [0.3, 0.4) is 0 Å². The van der Waals surface area contributed by atoms with Gasteiger partial charge in [-0.1, -0.05) is 6.58 Å². The molecule has 4 nitrogen and oxygen atoms in total. The van der Waals surface area contributed by atoms with Gasteiger partial charge in [-0.05, 0) is 24.8 Å². The highest BCUT2D eigenvalue weighted by Gasteiger charge is 2.61. The molecule has 0 aromatic rings. The van der Waals surface area contributed by atoms with Gasteiger partial charge in [0, 0.05) is 5.92 Å². The molecule has 5 atom stereocenters. The number of carbonyl (C=O) groups is 2. The Kier molecular flexibility index (Phi) is 1.69. The SMILES string of the molecule is C=CC(=O)NC1C2CC3C(=O)OC1[C@H]3C2. The summed E-state index contributed by atoms with van der Waals surface area (Å²) < 4.78 is 5.31. The monoisotopic (exact) mass is 207 g/mol. The fraction of sp³-hybridized carbons (Fsp3) is 0.636. The molecule has 0 spiro atoms. The first-order valence-corrected chi connectivity index (χ1v) is 5.34. The van der Waals surface area contributed by atoms with E-state index >= 15 is 0 Å². The second kappa shape index (κ2) is 2.84. The highest BCUT2D eigenvalue weighted by Crippen LogP contribution is 2.54. The Hall–Kier alpha value is -1.32. The third kappa shape index (κ3) is 1.07. The highest BCUT2D eigenvalue weighted by atomic mass is 16.6. The van der Waals surface area contributed by atoms with Gasteiger partial charge in [0.15, 0.2) is 0 Å². The van der Waals surface area contributed by atoms with Crippen LogP contribution in [0.4, 0.5) is 0 Å². The summed E-state index contributed by atoms with van der Waals surface area (Å²) in [5, 5.41) is 2.87. The lowest BCUT2D eigenvalue weighted by molar-refractivity contribution is -0.144. The number of carbonyl (C=O) groups excluding carboxylic acids is 2. The van der Waals surface area contributed by atoms with Gasteiger partial charge in [-0.3, -0.25) is 9.59 Å². The average molecular weight is 207 g/mol. The fourth-order valence-corrected chi connectivity index (χ4v) is 3.38. The largest absolute Gasteiger partial charge is 0.460 e. The van der Waals surface area contributed by atoms with Gasteiger partial charge in [-0.25, -0.2) is 0 Å². The predicted octanol–water partition coefficient (Wildman–Crippen LogP) is 0.239. The molecule has 4 heteroatoms. The van der Waals surface area contributed by atoms with Crippen molar-refractivity contribution >= 4 is 11.9 Å². The minimum absolute atomic E-state index is 0.0169. The summed E-state index contributed by atoms with van der Waals surface area (Å²) in [5.74, 6) is 0.629. The third-order valence-electron chi connectivity index (χ3n) is 3.98. The normalized spacial score (nSPS) is 45.3. The van der Waals surface area contributed by atoms with E-state index in [-0.39, 0.29) is 29.9 Å². The molecule has 1 aliphatic heterocycles. The summed E-state index contributed by atoms with van der Waals surface area (Å²) in [6, 6.07) is 0.0169. The maximum atomic E-state index is 11.4. The fourth-order valence-electron chi connectivity index (χ4n) is 3.38. The molecule has 1 N–H and O–H groups in total. The molecule has 0 radical (unpaired) electrons. The topological polar surface area (TPSA) is 55.4 Å². The zero-order chi connectivity index (χ0) is 10.6. The van der Waals surface area contributed by atoms with Crippen LogP contribution in [0.5, 0.6) is 0 Å². The zero-order valence-corrected chi connectivity index (χ0v) is 8.31. The van der Waals surface area contributed by atoms with Crippen LogP contribution in [0.25, 0.3) is 0 Å². The second-order valence-electron chi connectivity index (χ2n) is 4.64. The maximum Gasteiger partial charge on any atom is 0.309 e. The summed E-state index contributed by atoms with van der Waals surface area (Å²) in [4.78, 5) is 22.7. The Balaban J connectivity index is 1.80. The zero-order valence-electron chi connectivity index (χ0n) is 8.31. The summed E-state index contributed by atoms with van der Waals surface area (Å²) >= 11 is 0. The van der Waals surface area contributed by atoms with Crippen molar-refractivity contribution in [2.45, 2.75) is 25.0 Å². The van der Waals surface area contributed by atoms with Crippen molar-refractivity contribution < 1.29 is 14.3 Å². The Bertz CT molecular complexity index is 352. The lowest BCUT2D eigenvalue weighted by atomic mass is 9.86. The summed E-state index contributed by atoms with van der Waals surface area (Å²) in [6.07, 6.45) is 3.08. The summed E-state index contributed by atoms with van der Waals surface area (Å²) in [7, 11) is 0. The molecule has 80 valence electrons. The van der Waals surface area contributed by atoms with Crippen LogP contribution in [-0.2, 0) is 14.3 Å². The molecular formula is C11H13NO3. The third-order valence-corrected chi connectivity index (χ3v) is 3.98. The van der Waals surface area contributed by atoms with E-state index in [1.807, 2.05) is 0 Å². The highest BCUT2D eigenvalue weighted by molar-refractivity contribution is 5.87. The predicted molar refractivity (Wildman–Crippen MR) is 51.7 cm³/mol. The maximum absolute atomic E-state index is 11.4. The quantitative estimate of drug-likeness (QED) is 0.521. The molecule has 15 heavy (non-hydrogen) atoms. The molecule has 2 bridgehead atoms. The number of nitrogens with one attached hydrogen (secondary N) is 1. The number of hydrogen-bond acceptors (Lipinski definition) is 3. The van der Waals surface area contributed by atoms with Crippen LogP contribution < -0.4 is 5.32 Å². The second-order valence-corrected chi connectivity index (χ2v) is 4.64. The van der Waals surface area contributed by atoms with Gasteiger partial charge >= 0.3 is 5.97 Å². The van der Waals surface area contributed by atoms with Crippen molar-refractivity contribution in [1.82, 2.24) is 5.32 Å². The minimum atomic E-state index is -0.174. The Morgan fingerprint density at radius 1 is 1.53 bits per heavy atom. The smallest absolute Gasteiger partial charge is 0.309 e. The van der Waals surface area contributed by atoms with Crippen molar-refractivity contribution in [2.75, 3.05) is 0 Å². The van der Waals surface area contributed by atoms with Crippen LogP contribution in [0.2, 0.25) is 0 Å². The van der Waals surface area contributed by atoms with Crippen molar-refractivity contribution in [3.8, 4) is 0 Å². The number of ether oxygens (including phenoxy) is 1. The number of hydrogen-bond donors (Lipinski definition) is 1. The number of rotatable bonds is 2. The number of esters is 1. The standard InChI is InChI=1S/C11H13NO3/c1-2-8(13)12-9-5-3-6-7(4-5)11(14)15-10(6)9/h2,5-7,9-10H,1,3-4H2,(H,12,13)/t5?,6-,7?,9?,10?/m0/s1. The van der Waals surface area contributed by atoms with Crippen molar-refractivity contribution in [2.24, 2.45) is 17.8 Å². The molecule has 1 saturated heterocycles. The van der Waals surface area contributed by atoms with Crippen LogP contribution in [0.15, 0.2) is 12.7 Å². The molecule has 0 aromatic carbocycles. The van der Waals surface area contributed by atoms with Crippen molar-refractivity contribution in [1.29, 1.82) is 0 Å². The van der Waals surface area contributed by atoms with E-state index in [0.29, 0.717) is 11.8 Å². The molecule has 3 aliphatic rings. The van der Waals surface area contributed by atoms with Gasteiger partial charge in [0.2, 0.25) is 5.91 Å². The van der Waals surface area contributed by atoms with Crippen LogP contribution in [-0.4, -0.2) is 24.0 Å². The van der Waals surface area contributed by atoms with Gasteiger partial charge in [0.05, 0.1) is 12.0 Å². The van der Waals surface area contributed by atoms with Gasteiger partial charge in [-0.15, -0.1) is 0 Å². The molecule has 3 fully saturated rings. The molecule has 2 saturated carbocycles. The lowest BCUT2D eigenvalue weighted by Gasteiger charge is -2.25. The molecule has 1 heterocycles. The molecule has 2 aliphatic carbocycles. The van der Waals surface area contributed by atoms with Crippen molar-refractivity contribution in [3.05, 3.63) is 12.7 Å². The van der Waals surface area contributed by atoms with Gasteiger partial charge in [0.1, 0.15) is 6.10 Å². The van der Waals surface area contributed by atoms with E-state index in [2.05, 4.69) is 11.9 Å². The molecular weight excluding hydrogens is 194 g/mol. The Morgan fingerprint density at radius 2 is 2.33 bits per heavy atom. The average Bonchev–Trinajstić information content (AvgIpc) is 2.81. The van der Waals surface area contributed by atoms with E-state index in [1.165, 1.54) is 6.08 Å². The molecule has 1 amide bonds. The van der Waals surface area contributed by atoms with Gasteiger partial charge in [0.25, 0.3) is 0 Å². The summed E-state index contributed by atoms with van der Waals surface area (Å²) in [6.45, 7) is 3.42. The molecule has 4 unspecified atom stereocenters. The Labute approximate surface area is 87.7 Å². The number of fused-ring (bicyclic) bond motifs is 1. The van der Waals surface area contributed by atoms with E-state index in [0.717, 1.165) is 12.8 Å². The first-order chi connectivity index (χ1) is 7.20. The van der Waals surface area contributed by atoms with E-state index in [4.69, 9.17) is 4.74 Å². The van der Waals surface area contributed by atoms with Crippen LogP contribution in [0.1, 0.15) is 12.8 Å². The first-order valence-electron chi connectivity index (χ1n) is 5.34. The molecule has 0 aromatic heterocycles. The van der Waals surface area contributed by atoms with Gasteiger partial charge < -0.3 is 10.1 Å². The van der Waals surface area contributed by atoms with E-state index in [9.17, 15) is 9.59 Å². The van der Waals surface area contributed by atoms with Gasteiger partial charge in [-0.2, -0.15) is 0 Å². The number of amides is 1. The molecule has 3 rings (SSSR count). The summed E-state index contributed by atoms with van der Waals surface area (Å²) in [5.41, 5.74) is 0. The van der Waals surface area contributed by atoms with Crippen LogP contribution >= 0.6 is 0 Å². The minimum Gasteiger partial charge on any atom is -0.460 e. The van der Waals surface area contributed by atoms with Crippen molar-refractivity contribution in [3.63, 3.8) is 0 Å². The van der Waals surface area contributed by atoms with E-state index in [1.54, 1.807) is 0 Å².